The van der Waals surface area contributed by atoms with Gasteiger partial charge in [0.1, 0.15) is 10.8 Å². The SMILES string of the molecule is COc1cnccc1-c1nccs1. The van der Waals surface area contributed by atoms with E-state index < -0.39 is 0 Å². The van der Waals surface area contributed by atoms with Gasteiger partial charge < -0.3 is 4.74 Å². The summed E-state index contributed by atoms with van der Waals surface area (Å²) in [4.78, 5) is 8.18. The van der Waals surface area contributed by atoms with Gasteiger partial charge >= 0.3 is 0 Å². The van der Waals surface area contributed by atoms with E-state index in [0.717, 1.165) is 16.3 Å². The normalized spacial score (nSPS) is 9.92. The van der Waals surface area contributed by atoms with Gasteiger partial charge in [0.15, 0.2) is 0 Å². The van der Waals surface area contributed by atoms with Crippen molar-refractivity contribution in [3.63, 3.8) is 0 Å². The van der Waals surface area contributed by atoms with Crippen LogP contribution in [-0.2, 0) is 0 Å². The van der Waals surface area contributed by atoms with Crippen molar-refractivity contribution in [3.05, 3.63) is 30.0 Å². The van der Waals surface area contributed by atoms with Gasteiger partial charge in [-0.1, -0.05) is 0 Å². The summed E-state index contributed by atoms with van der Waals surface area (Å²) >= 11 is 1.59. The summed E-state index contributed by atoms with van der Waals surface area (Å²) in [6.45, 7) is 0. The van der Waals surface area contributed by atoms with E-state index in [1.807, 2.05) is 11.4 Å². The van der Waals surface area contributed by atoms with Gasteiger partial charge in [0, 0.05) is 17.8 Å². The lowest BCUT2D eigenvalue weighted by molar-refractivity contribution is 0.414. The van der Waals surface area contributed by atoms with Crippen LogP contribution >= 0.6 is 11.3 Å². The molecule has 2 aromatic rings. The van der Waals surface area contributed by atoms with Crippen molar-refractivity contribution >= 4 is 11.3 Å². The van der Waals surface area contributed by atoms with Crippen molar-refractivity contribution in [1.29, 1.82) is 0 Å². The molecule has 0 amide bonds. The lowest BCUT2D eigenvalue weighted by atomic mass is 10.2. The molecular formula is C9H8N2OS. The van der Waals surface area contributed by atoms with Gasteiger partial charge in [0.2, 0.25) is 0 Å². The van der Waals surface area contributed by atoms with Gasteiger partial charge in [-0.25, -0.2) is 4.98 Å². The third kappa shape index (κ3) is 1.53. The summed E-state index contributed by atoms with van der Waals surface area (Å²) in [6.07, 6.45) is 5.20. The Bertz CT molecular complexity index is 386. The van der Waals surface area contributed by atoms with Crippen molar-refractivity contribution in [1.82, 2.24) is 9.97 Å². The van der Waals surface area contributed by atoms with E-state index in [0.29, 0.717) is 0 Å². The fourth-order valence-corrected chi connectivity index (χ4v) is 1.74. The number of hydrogen-bond acceptors (Lipinski definition) is 4. The number of nitrogens with zero attached hydrogens (tertiary/aromatic N) is 2. The molecule has 13 heavy (non-hydrogen) atoms. The number of pyridine rings is 1. The van der Waals surface area contributed by atoms with Gasteiger partial charge in [-0.15, -0.1) is 11.3 Å². The molecule has 0 N–H and O–H groups in total. The highest BCUT2D eigenvalue weighted by molar-refractivity contribution is 7.13. The van der Waals surface area contributed by atoms with Crippen molar-refractivity contribution < 1.29 is 4.74 Å². The van der Waals surface area contributed by atoms with Crippen molar-refractivity contribution in [2.75, 3.05) is 7.11 Å². The van der Waals surface area contributed by atoms with Crippen LogP contribution in [0.5, 0.6) is 5.75 Å². The number of methoxy groups -OCH3 is 1. The number of hydrogen-bond donors (Lipinski definition) is 0. The molecule has 0 bridgehead atoms. The number of ether oxygens (including phenoxy) is 1. The summed E-state index contributed by atoms with van der Waals surface area (Å²) in [7, 11) is 1.63. The molecule has 3 nitrogen and oxygen atoms in total. The van der Waals surface area contributed by atoms with Gasteiger partial charge in [0.05, 0.1) is 18.9 Å². The van der Waals surface area contributed by atoms with Crippen molar-refractivity contribution in [2.24, 2.45) is 0 Å². The minimum Gasteiger partial charge on any atom is -0.494 e. The van der Waals surface area contributed by atoms with Crippen LogP contribution in [0.3, 0.4) is 0 Å². The van der Waals surface area contributed by atoms with Crippen molar-refractivity contribution in [3.8, 4) is 16.3 Å². The zero-order chi connectivity index (χ0) is 9.10. The Morgan fingerprint density at radius 1 is 1.38 bits per heavy atom. The van der Waals surface area contributed by atoms with Gasteiger partial charge in [0.25, 0.3) is 0 Å². The van der Waals surface area contributed by atoms with E-state index in [1.165, 1.54) is 0 Å². The second-order valence-corrected chi connectivity index (χ2v) is 3.31. The summed E-state index contributed by atoms with van der Waals surface area (Å²) < 4.78 is 5.17. The van der Waals surface area contributed by atoms with Crippen LogP contribution in [-0.4, -0.2) is 17.1 Å². The van der Waals surface area contributed by atoms with E-state index in [9.17, 15) is 0 Å². The molecule has 0 fully saturated rings. The number of aromatic nitrogens is 2. The largest absolute Gasteiger partial charge is 0.494 e. The van der Waals surface area contributed by atoms with Gasteiger partial charge in [-0.3, -0.25) is 4.98 Å². The molecule has 4 heteroatoms. The molecular weight excluding hydrogens is 184 g/mol. The maximum atomic E-state index is 5.17. The Hall–Kier alpha value is -1.42. The molecule has 0 aliphatic rings. The lowest BCUT2D eigenvalue weighted by Gasteiger charge is -2.03. The maximum Gasteiger partial charge on any atom is 0.147 e. The fraction of sp³-hybridized carbons (Fsp3) is 0.111. The first-order chi connectivity index (χ1) is 6.42. The van der Waals surface area contributed by atoms with Crippen LogP contribution < -0.4 is 4.74 Å². The van der Waals surface area contributed by atoms with Crippen LogP contribution in [0.2, 0.25) is 0 Å². The average Bonchev–Trinajstić information content (AvgIpc) is 2.70. The molecule has 66 valence electrons. The molecule has 2 heterocycles. The van der Waals surface area contributed by atoms with Crippen LogP contribution in [0.15, 0.2) is 30.0 Å². The second kappa shape index (κ2) is 3.53. The van der Waals surface area contributed by atoms with E-state index in [2.05, 4.69) is 9.97 Å². The predicted octanol–water partition coefficient (Wildman–Crippen LogP) is 2.21. The smallest absolute Gasteiger partial charge is 0.147 e. The quantitative estimate of drug-likeness (QED) is 0.731. The predicted molar refractivity (Wildman–Crippen MR) is 51.9 cm³/mol. The highest BCUT2D eigenvalue weighted by Gasteiger charge is 2.06. The first-order valence-electron chi connectivity index (χ1n) is 3.79. The number of thiazole rings is 1. The Morgan fingerprint density at radius 3 is 3.00 bits per heavy atom. The van der Waals surface area contributed by atoms with Crippen LogP contribution in [0.4, 0.5) is 0 Å². The summed E-state index contributed by atoms with van der Waals surface area (Å²) in [5.74, 6) is 0.762. The zero-order valence-corrected chi connectivity index (χ0v) is 7.91. The van der Waals surface area contributed by atoms with Crippen LogP contribution in [0, 0.1) is 0 Å². The lowest BCUT2D eigenvalue weighted by Crippen LogP contribution is -1.87. The molecule has 0 radical (unpaired) electrons. The minimum atomic E-state index is 0.762. The Labute approximate surface area is 80.0 Å². The fourth-order valence-electron chi connectivity index (χ4n) is 1.08. The first-order valence-corrected chi connectivity index (χ1v) is 4.67. The molecule has 0 unspecified atom stereocenters. The Kier molecular flexibility index (Phi) is 2.23. The highest BCUT2D eigenvalue weighted by Crippen LogP contribution is 2.29. The molecule has 0 saturated carbocycles. The molecule has 0 atom stereocenters. The molecule has 0 aliphatic heterocycles. The molecule has 2 aromatic heterocycles. The third-order valence-electron chi connectivity index (χ3n) is 1.67. The molecule has 0 spiro atoms. The Morgan fingerprint density at radius 2 is 2.31 bits per heavy atom. The average molecular weight is 192 g/mol. The standard InChI is InChI=1S/C9H8N2OS/c1-12-8-6-10-3-2-7(8)9-11-4-5-13-9/h2-6H,1H3. The summed E-state index contributed by atoms with van der Waals surface area (Å²) in [5, 5.41) is 2.90. The first kappa shape index (κ1) is 8.19. The third-order valence-corrected chi connectivity index (χ3v) is 2.47. The van der Waals surface area contributed by atoms with Crippen LogP contribution in [0.25, 0.3) is 10.6 Å². The van der Waals surface area contributed by atoms with E-state index in [-0.39, 0.29) is 0 Å². The van der Waals surface area contributed by atoms with Crippen LogP contribution in [0.1, 0.15) is 0 Å². The monoisotopic (exact) mass is 192 g/mol. The molecule has 2 rings (SSSR count). The van der Waals surface area contributed by atoms with Gasteiger partial charge in [-0.05, 0) is 6.07 Å². The van der Waals surface area contributed by atoms with Gasteiger partial charge in [-0.2, -0.15) is 0 Å². The van der Waals surface area contributed by atoms with E-state index >= 15 is 0 Å². The summed E-state index contributed by atoms with van der Waals surface area (Å²) in [5.41, 5.74) is 0.993. The van der Waals surface area contributed by atoms with E-state index in [4.69, 9.17) is 4.74 Å². The topological polar surface area (TPSA) is 35.0 Å². The molecule has 0 aliphatic carbocycles. The molecule has 0 aromatic carbocycles. The highest BCUT2D eigenvalue weighted by atomic mass is 32.1. The number of rotatable bonds is 2. The van der Waals surface area contributed by atoms with Crippen molar-refractivity contribution in [2.45, 2.75) is 0 Å². The van der Waals surface area contributed by atoms with E-state index in [1.54, 1.807) is 37.0 Å². The Balaban J connectivity index is 2.51. The maximum absolute atomic E-state index is 5.17. The zero-order valence-electron chi connectivity index (χ0n) is 7.10. The minimum absolute atomic E-state index is 0.762. The molecule has 0 saturated heterocycles. The summed E-state index contributed by atoms with van der Waals surface area (Å²) in [6, 6.07) is 1.90. The second-order valence-electron chi connectivity index (χ2n) is 2.41.